The van der Waals surface area contributed by atoms with E-state index >= 15 is 0 Å². The van der Waals surface area contributed by atoms with Crippen molar-refractivity contribution in [2.75, 3.05) is 13.2 Å². The second kappa shape index (κ2) is 8.19. The van der Waals surface area contributed by atoms with Crippen LogP contribution >= 0.6 is 11.3 Å². The van der Waals surface area contributed by atoms with Crippen molar-refractivity contribution < 1.29 is 9.59 Å². The molecule has 2 aliphatic rings. The van der Waals surface area contributed by atoms with E-state index in [9.17, 15) is 9.59 Å². The fraction of sp³-hybridized carbons (Fsp3) is 0.308. The number of urea groups is 1. The molecule has 2 saturated heterocycles. The van der Waals surface area contributed by atoms with Crippen molar-refractivity contribution >= 4 is 23.3 Å². The maximum atomic E-state index is 14.0. The Bertz CT molecular complexity index is 1150. The van der Waals surface area contributed by atoms with Crippen LogP contribution in [0.5, 0.6) is 0 Å². The van der Waals surface area contributed by atoms with Gasteiger partial charge in [-0.1, -0.05) is 54.6 Å². The molecule has 3 heterocycles. The van der Waals surface area contributed by atoms with Crippen LogP contribution in [0.1, 0.15) is 46.0 Å². The van der Waals surface area contributed by atoms with Gasteiger partial charge in [0.05, 0.1) is 6.67 Å². The van der Waals surface area contributed by atoms with Gasteiger partial charge in [0.2, 0.25) is 0 Å². The first-order valence-electron chi connectivity index (χ1n) is 11.1. The van der Waals surface area contributed by atoms with Crippen LogP contribution in [0.15, 0.2) is 66.0 Å². The second-order valence-corrected chi connectivity index (χ2v) is 9.68. The zero-order valence-corrected chi connectivity index (χ0v) is 19.2. The van der Waals surface area contributed by atoms with E-state index < -0.39 is 5.54 Å². The maximum Gasteiger partial charge on any atom is 0.326 e. The lowest BCUT2D eigenvalue weighted by atomic mass is 9.81. The molecule has 2 fully saturated rings. The van der Waals surface area contributed by atoms with Gasteiger partial charge >= 0.3 is 6.03 Å². The number of carbonyl (C=O) groups is 2. The van der Waals surface area contributed by atoms with Gasteiger partial charge in [-0.2, -0.15) is 0 Å². The van der Waals surface area contributed by atoms with E-state index in [2.05, 4.69) is 27.7 Å². The van der Waals surface area contributed by atoms with E-state index in [1.165, 1.54) is 9.78 Å². The number of nitrogens with zero attached hydrogens (tertiary/aromatic N) is 2. The summed E-state index contributed by atoms with van der Waals surface area (Å²) in [7, 11) is 0. The molecule has 1 N–H and O–H groups in total. The first-order chi connectivity index (χ1) is 15.5. The van der Waals surface area contributed by atoms with Gasteiger partial charge in [0.1, 0.15) is 0 Å². The Morgan fingerprint density at radius 2 is 1.81 bits per heavy atom. The minimum absolute atomic E-state index is 0.214. The summed E-state index contributed by atoms with van der Waals surface area (Å²) in [5.74, 6) is -0.214. The topological polar surface area (TPSA) is 52.7 Å². The SMILES string of the molecule is Cc1ccc([C@]2(c3ccccc3)NC(=O)N(CN3CCC[C@H]3c3cccs3)C2=O)cc1C. The third-order valence-electron chi connectivity index (χ3n) is 6.81. The summed E-state index contributed by atoms with van der Waals surface area (Å²) < 4.78 is 0. The molecule has 2 aliphatic heterocycles. The van der Waals surface area contributed by atoms with Crippen molar-refractivity contribution in [3.8, 4) is 0 Å². The van der Waals surface area contributed by atoms with Crippen LogP contribution in [-0.2, 0) is 10.3 Å². The third kappa shape index (κ3) is 3.34. The lowest BCUT2D eigenvalue weighted by molar-refractivity contribution is -0.131. The fourth-order valence-corrected chi connectivity index (χ4v) is 5.80. The second-order valence-electron chi connectivity index (χ2n) is 8.71. The lowest BCUT2D eigenvalue weighted by Crippen LogP contribution is -2.46. The van der Waals surface area contributed by atoms with Crippen molar-refractivity contribution in [1.29, 1.82) is 0 Å². The van der Waals surface area contributed by atoms with Gasteiger partial charge in [-0.05, 0) is 60.4 Å². The van der Waals surface area contributed by atoms with Gasteiger partial charge in [-0.3, -0.25) is 9.69 Å². The summed E-state index contributed by atoms with van der Waals surface area (Å²) in [5, 5.41) is 5.17. The summed E-state index contributed by atoms with van der Waals surface area (Å²) in [4.78, 5) is 32.2. The number of imide groups is 1. The molecule has 3 aromatic rings. The number of amides is 3. The molecule has 0 radical (unpaired) electrons. The number of hydrogen-bond donors (Lipinski definition) is 1. The van der Waals surface area contributed by atoms with E-state index in [-0.39, 0.29) is 18.0 Å². The molecule has 0 bridgehead atoms. The molecule has 32 heavy (non-hydrogen) atoms. The predicted molar refractivity (Wildman–Crippen MR) is 126 cm³/mol. The molecular formula is C26H27N3O2S. The lowest BCUT2D eigenvalue weighted by Gasteiger charge is -2.30. The average molecular weight is 446 g/mol. The molecule has 0 spiro atoms. The first kappa shape index (κ1) is 20.9. The van der Waals surface area contributed by atoms with E-state index in [1.807, 2.05) is 62.4 Å². The molecule has 5 nitrogen and oxygen atoms in total. The van der Waals surface area contributed by atoms with Crippen molar-refractivity contribution in [2.45, 2.75) is 38.3 Å². The molecule has 5 rings (SSSR count). The Hall–Kier alpha value is -2.96. The third-order valence-corrected chi connectivity index (χ3v) is 7.78. The van der Waals surface area contributed by atoms with E-state index in [0.29, 0.717) is 6.67 Å². The molecule has 0 saturated carbocycles. The highest BCUT2D eigenvalue weighted by molar-refractivity contribution is 7.10. The summed E-state index contributed by atoms with van der Waals surface area (Å²) in [6, 6.07) is 19.7. The molecule has 0 unspecified atom stereocenters. The Kier molecular flexibility index (Phi) is 5.35. The van der Waals surface area contributed by atoms with Crippen LogP contribution in [0.3, 0.4) is 0 Å². The zero-order chi connectivity index (χ0) is 22.3. The van der Waals surface area contributed by atoms with Crippen molar-refractivity contribution in [3.05, 3.63) is 93.2 Å². The van der Waals surface area contributed by atoms with Gasteiger partial charge < -0.3 is 5.32 Å². The predicted octanol–water partition coefficient (Wildman–Crippen LogP) is 4.95. The van der Waals surface area contributed by atoms with Gasteiger partial charge in [-0.25, -0.2) is 9.69 Å². The zero-order valence-electron chi connectivity index (χ0n) is 18.4. The number of hydrogen-bond acceptors (Lipinski definition) is 4. The number of aryl methyl sites for hydroxylation is 2. The van der Waals surface area contributed by atoms with Gasteiger partial charge in [0.15, 0.2) is 5.54 Å². The van der Waals surface area contributed by atoms with Crippen LogP contribution in [0.2, 0.25) is 0 Å². The Balaban J connectivity index is 1.53. The van der Waals surface area contributed by atoms with Gasteiger partial charge in [-0.15, -0.1) is 11.3 Å². The molecule has 6 heteroatoms. The number of carbonyl (C=O) groups excluding carboxylic acids is 2. The van der Waals surface area contributed by atoms with Crippen LogP contribution in [-0.4, -0.2) is 35.0 Å². The smallest absolute Gasteiger partial charge is 0.315 e. The number of rotatable bonds is 5. The van der Waals surface area contributed by atoms with Crippen LogP contribution in [0, 0.1) is 13.8 Å². The van der Waals surface area contributed by atoms with Crippen molar-refractivity contribution in [3.63, 3.8) is 0 Å². The Labute approximate surface area is 192 Å². The highest BCUT2D eigenvalue weighted by Gasteiger charge is 2.54. The highest BCUT2D eigenvalue weighted by Crippen LogP contribution is 2.39. The molecule has 3 amide bonds. The standard InChI is InChI=1S/C26H27N3O2S/c1-18-12-13-21(16-19(18)2)26(20-8-4-3-5-9-20)24(30)29(25(31)27-26)17-28-14-6-10-22(28)23-11-7-15-32-23/h3-5,7-9,11-13,15-16,22H,6,10,14,17H2,1-2H3,(H,27,31)/t22-,26-/m0/s1. The number of thiophene rings is 1. The molecular weight excluding hydrogens is 418 g/mol. The number of nitrogens with one attached hydrogen (secondary N) is 1. The summed E-state index contributed by atoms with van der Waals surface area (Å²) in [6.45, 7) is 5.26. The summed E-state index contributed by atoms with van der Waals surface area (Å²) >= 11 is 1.73. The van der Waals surface area contributed by atoms with Crippen LogP contribution in [0.25, 0.3) is 0 Å². The molecule has 164 valence electrons. The van der Waals surface area contributed by atoms with Gasteiger partial charge in [0, 0.05) is 17.5 Å². The highest BCUT2D eigenvalue weighted by atomic mass is 32.1. The minimum Gasteiger partial charge on any atom is -0.315 e. The van der Waals surface area contributed by atoms with Crippen LogP contribution in [0.4, 0.5) is 4.79 Å². The normalized spacial score (nSPS) is 23.7. The maximum absolute atomic E-state index is 14.0. The van der Waals surface area contributed by atoms with E-state index in [4.69, 9.17) is 0 Å². The van der Waals surface area contributed by atoms with E-state index in [1.54, 1.807) is 11.3 Å². The van der Waals surface area contributed by atoms with Gasteiger partial charge in [0.25, 0.3) is 5.91 Å². The Morgan fingerprint density at radius 3 is 2.53 bits per heavy atom. The Morgan fingerprint density at radius 1 is 1.00 bits per heavy atom. The monoisotopic (exact) mass is 445 g/mol. The fourth-order valence-electron chi connectivity index (χ4n) is 4.91. The average Bonchev–Trinajstić information content (AvgIpc) is 3.53. The van der Waals surface area contributed by atoms with E-state index in [0.717, 1.165) is 41.6 Å². The quantitative estimate of drug-likeness (QED) is 0.565. The number of likely N-dealkylation sites (tertiary alicyclic amines) is 1. The molecule has 0 aliphatic carbocycles. The van der Waals surface area contributed by atoms with Crippen molar-refractivity contribution in [1.82, 2.24) is 15.1 Å². The first-order valence-corrected chi connectivity index (χ1v) is 11.9. The molecule has 2 atom stereocenters. The van der Waals surface area contributed by atoms with Crippen molar-refractivity contribution in [2.24, 2.45) is 0 Å². The van der Waals surface area contributed by atoms with Crippen LogP contribution < -0.4 is 5.32 Å². The summed E-state index contributed by atoms with van der Waals surface area (Å²) in [5.41, 5.74) is 2.61. The number of benzene rings is 2. The molecule has 2 aromatic carbocycles. The summed E-state index contributed by atoms with van der Waals surface area (Å²) in [6.07, 6.45) is 2.11. The molecule has 1 aromatic heterocycles. The minimum atomic E-state index is -1.21. The largest absolute Gasteiger partial charge is 0.326 e.